The van der Waals surface area contributed by atoms with Crippen molar-refractivity contribution in [3.63, 3.8) is 0 Å². The van der Waals surface area contributed by atoms with Crippen molar-refractivity contribution in [2.24, 2.45) is 0 Å². The molecule has 0 bridgehead atoms. The predicted octanol–water partition coefficient (Wildman–Crippen LogP) is 6.94. The topological polar surface area (TPSA) is 12.0 Å². The number of thioether (sulfide) groups is 1. The number of hydrogen-bond donors (Lipinski definition) is 1. The molecule has 134 valence electrons. The molecule has 1 saturated heterocycles. The highest BCUT2D eigenvalue weighted by atomic mass is 32.2. The molecule has 2 heterocycles. The van der Waals surface area contributed by atoms with Crippen LogP contribution in [0.5, 0.6) is 0 Å². The summed E-state index contributed by atoms with van der Waals surface area (Å²) in [7, 11) is 0. The van der Waals surface area contributed by atoms with Gasteiger partial charge in [0, 0.05) is 9.81 Å². The maximum absolute atomic E-state index is 4.03. The normalized spacial score (nSPS) is 20.9. The Balaban J connectivity index is 0.00000123. The van der Waals surface area contributed by atoms with E-state index in [1.807, 2.05) is 39.8 Å². The van der Waals surface area contributed by atoms with Gasteiger partial charge in [-0.15, -0.1) is 0 Å². The molecule has 2 heteroatoms. The van der Waals surface area contributed by atoms with E-state index in [4.69, 9.17) is 0 Å². The van der Waals surface area contributed by atoms with Gasteiger partial charge in [-0.3, -0.25) is 0 Å². The lowest BCUT2D eigenvalue weighted by molar-refractivity contribution is 0.606. The Kier molecular flexibility index (Phi) is 12.4. The predicted molar refractivity (Wildman–Crippen MR) is 114 cm³/mol. The Labute approximate surface area is 154 Å². The highest BCUT2D eigenvalue weighted by Crippen LogP contribution is 2.47. The van der Waals surface area contributed by atoms with Crippen LogP contribution < -0.4 is 5.32 Å². The summed E-state index contributed by atoms with van der Waals surface area (Å²) in [5, 5.41) is 3.43. The van der Waals surface area contributed by atoms with E-state index < -0.39 is 0 Å². The second-order valence-electron chi connectivity index (χ2n) is 4.87. The van der Waals surface area contributed by atoms with Gasteiger partial charge in [-0.1, -0.05) is 82.5 Å². The van der Waals surface area contributed by atoms with Crippen LogP contribution in [0, 0.1) is 0 Å². The van der Waals surface area contributed by atoms with Gasteiger partial charge in [0.05, 0.1) is 0 Å². The van der Waals surface area contributed by atoms with Gasteiger partial charge in [0.1, 0.15) is 0 Å². The minimum Gasteiger partial charge on any atom is -0.316 e. The first kappa shape index (κ1) is 22.8. The molecule has 0 radical (unpaired) electrons. The van der Waals surface area contributed by atoms with Gasteiger partial charge in [-0.05, 0) is 56.5 Å². The lowest BCUT2D eigenvalue weighted by atomic mass is 9.87. The summed E-state index contributed by atoms with van der Waals surface area (Å²) >= 11 is 1.80. The standard InChI is InChI=1S/C18H23NS.2C2H6/c1-5-14-16(7-3)20-17(8-4)15(6-2)18(14)13-9-11-19-12-10-13;2*1-2/h5-8,19H,1,3,9-12H2,2,4H3;2*1-2H3/b15-6+,17-8+;;. The summed E-state index contributed by atoms with van der Waals surface area (Å²) in [5.41, 5.74) is 5.55. The Morgan fingerprint density at radius 2 is 1.50 bits per heavy atom. The SMILES string of the molecule is C=CC1=C(C=C)C(=C2CCNCC2)C(=C/C)/C(=C\C)S1.CC.CC. The maximum atomic E-state index is 4.03. The second-order valence-corrected chi connectivity index (χ2v) is 5.96. The summed E-state index contributed by atoms with van der Waals surface area (Å²) in [4.78, 5) is 2.55. The summed E-state index contributed by atoms with van der Waals surface area (Å²) < 4.78 is 0. The summed E-state index contributed by atoms with van der Waals surface area (Å²) in [6, 6.07) is 0. The molecule has 0 unspecified atom stereocenters. The van der Waals surface area contributed by atoms with Crippen molar-refractivity contribution in [3.8, 4) is 0 Å². The van der Waals surface area contributed by atoms with E-state index in [9.17, 15) is 0 Å². The van der Waals surface area contributed by atoms with E-state index in [2.05, 4.69) is 44.5 Å². The van der Waals surface area contributed by atoms with Crippen molar-refractivity contribution in [2.75, 3.05) is 13.1 Å². The lowest BCUT2D eigenvalue weighted by Crippen LogP contribution is -2.24. The van der Waals surface area contributed by atoms with E-state index in [1.165, 1.54) is 26.5 Å². The molecule has 0 aromatic carbocycles. The molecule has 2 aliphatic heterocycles. The Bertz CT molecular complexity index is 536. The molecule has 2 rings (SSSR count). The van der Waals surface area contributed by atoms with E-state index in [1.54, 1.807) is 17.3 Å². The second kappa shape index (κ2) is 13.1. The van der Waals surface area contributed by atoms with Crippen LogP contribution in [-0.2, 0) is 0 Å². The quantitative estimate of drug-likeness (QED) is 0.581. The molecule has 0 atom stereocenters. The molecule has 0 aliphatic carbocycles. The van der Waals surface area contributed by atoms with Gasteiger partial charge in [-0.2, -0.15) is 0 Å². The van der Waals surface area contributed by atoms with Crippen molar-refractivity contribution in [2.45, 2.75) is 54.4 Å². The molecule has 24 heavy (non-hydrogen) atoms. The fourth-order valence-electron chi connectivity index (χ4n) is 2.83. The van der Waals surface area contributed by atoms with E-state index in [0.29, 0.717) is 0 Å². The van der Waals surface area contributed by atoms with Crippen molar-refractivity contribution in [1.29, 1.82) is 0 Å². The van der Waals surface area contributed by atoms with Crippen LogP contribution in [0.25, 0.3) is 0 Å². The summed E-state index contributed by atoms with van der Waals surface area (Å²) in [5.74, 6) is 0. The minimum absolute atomic E-state index is 1.07. The number of piperidine rings is 1. The molecular formula is C22H35NS. The average molecular weight is 346 g/mol. The third-order valence-electron chi connectivity index (χ3n) is 3.79. The van der Waals surface area contributed by atoms with Crippen LogP contribution >= 0.6 is 11.8 Å². The summed E-state index contributed by atoms with van der Waals surface area (Å²) in [6.07, 6.45) is 10.6. The summed E-state index contributed by atoms with van der Waals surface area (Å²) in [6.45, 7) is 22.4. The van der Waals surface area contributed by atoms with Crippen LogP contribution in [-0.4, -0.2) is 13.1 Å². The highest BCUT2D eigenvalue weighted by molar-refractivity contribution is 8.07. The molecule has 0 aromatic rings. The van der Waals surface area contributed by atoms with Crippen molar-refractivity contribution >= 4 is 11.8 Å². The number of rotatable bonds is 2. The molecular weight excluding hydrogens is 310 g/mol. The molecule has 0 amide bonds. The Morgan fingerprint density at radius 1 is 0.917 bits per heavy atom. The molecule has 0 spiro atoms. The van der Waals surface area contributed by atoms with Gasteiger partial charge in [0.15, 0.2) is 0 Å². The van der Waals surface area contributed by atoms with Gasteiger partial charge >= 0.3 is 0 Å². The number of hydrogen-bond acceptors (Lipinski definition) is 2. The van der Waals surface area contributed by atoms with Crippen LogP contribution in [0.1, 0.15) is 54.4 Å². The van der Waals surface area contributed by atoms with Gasteiger partial charge in [0.25, 0.3) is 0 Å². The molecule has 1 nitrogen and oxygen atoms in total. The van der Waals surface area contributed by atoms with Gasteiger partial charge in [-0.25, -0.2) is 0 Å². The van der Waals surface area contributed by atoms with E-state index in [-0.39, 0.29) is 0 Å². The monoisotopic (exact) mass is 345 g/mol. The largest absolute Gasteiger partial charge is 0.316 e. The third kappa shape index (κ3) is 5.39. The molecule has 2 aliphatic rings. The van der Waals surface area contributed by atoms with Crippen LogP contribution in [0.4, 0.5) is 0 Å². The maximum Gasteiger partial charge on any atom is 0.0195 e. The molecule has 0 aromatic heterocycles. The fraction of sp³-hybridized carbons (Fsp3) is 0.455. The minimum atomic E-state index is 1.07. The zero-order valence-electron chi connectivity index (χ0n) is 16.5. The lowest BCUT2D eigenvalue weighted by Gasteiger charge is -2.29. The third-order valence-corrected chi connectivity index (χ3v) is 5.07. The van der Waals surface area contributed by atoms with Gasteiger partial charge < -0.3 is 5.32 Å². The van der Waals surface area contributed by atoms with Crippen molar-refractivity contribution in [1.82, 2.24) is 5.32 Å². The van der Waals surface area contributed by atoms with E-state index in [0.717, 1.165) is 25.9 Å². The fourth-order valence-corrected chi connectivity index (χ4v) is 3.90. The first-order chi connectivity index (χ1) is 11.8. The first-order valence-electron chi connectivity index (χ1n) is 9.20. The highest BCUT2D eigenvalue weighted by Gasteiger charge is 2.25. The van der Waals surface area contributed by atoms with Crippen LogP contribution in [0.3, 0.4) is 0 Å². The van der Waals surface area contributed by atoms with Crippen molar-refractivity contribution < 1.29 is 0 Å². The van der Waals surface area contributed by atoms with Crippen LogP contribution in [0.2, 0.25) is 0 Å². The van der Waals surface area contributed by atoms with E-state index >= 15 is 0 Å². The van der Waals surface area contributed by atoms with Crippen LogP contribution in [0.15, 0.2) is 69.6 Å². The number of nitrogens with one attached hydrogen (secondary N) is 1. The van der Waals surface area contributed by atoms with Gasteiger partial charge in [0.2, 0.25) is 0 Å². The molecule has 0 saturated carbocycles. The zero-order chi connectivity index (χ0) is 18.5. The molecule has 1 N–H and O–H groups in total. The first-order valence-corrected chi connectivity index (χ1v) is 10.0. The molecule has 1 fully saturated rings. The number of allylic oxidation sites excluding steroid dienone is 7. The zero-order valence-corrected chi connectivity index (χ0v) is 17.3. The average Bonchev–Trinajstić information content (AvgIpc) is 2.69. The Hall–Kier alpha value is -1.25. The Morgan fingerprint density at radius 3 is 1.92 bits per heavy atom. The van der Waals surface area contributed by atoms with Crippen molar-refractivity contribution in [3.05, 3.63) is 69.6 Å². The smallest absolute Gasteiger partial charge is 0.0195 e.